The van der Waals surface area contributed by atoms with E-state index in [1.54, 1.807) is 0 Å². The van der Waals surface area contributed by atoms with E-state index < -0.39 is 16.6 Å². The highest BCUT2D eigenvalue weighted by molar-refractivity contribution is 6.78. The molecule has 37 heavy (non-hydrogen) atoms. The van der Waals surface area contributed by atoms with Gasteiger partial charge in [0.1, 0.15) is 12.2 Å². The molecule has 1 aliphatic rings. The Bertz CT molecular complexity index is 832. The first-order valence-corrected chi connectivity index (χ1v) is 18.9. The Morgan fingerprint density at radius 3 is 1.62 bits per heavy atom. The minimum absolute atomic E-state index is 0.0330. The van der Waals surface area contributed by atoms with E-state index in [1.165, 1.54) is 0 Å². The Morgan fingerprint density at radius 1 is 0.730 bits per heavy atom. The number of allylic oxidation sites excluding steroid dienone is 1. The molecule has 2 rings (SSSR count). The van der Waals surface area contributed by atoms with Crippen LogP contribution in [0.15, 0.2) is 36.1 Å². The molecule has 2 atom stereocenters. The third-order valence-corrected chi connectivity index (χ3v) is 21.1. The van der Waals surface area contributed by atoms with Crippen molar-refractivity contribution in [3.8, 4) is 0 Å². The summed E-state index contributed by atoms with van der Waals surface area (Å²) in [5.74, 6) is 0.935. The van der Waals surface area contributed by atoms with Crippen LogP contribution in [-0.4, -0.2) is 40.6 Å². The van der Waals surface area contributed by atoms with Crippen molar-refractivity contribution in [1.29, 1.82) is 0 Å². The van der Waals surface area contributed by atoms with Crippen molar-refractivity contribution in [1.82, 2.24) is 0 Å². The molecule has 4 nitrogen and oxygen atoms in total. The Labute approximate surface area is 230 Å². The molecule has 0 spiro atoms. The van der Waals surface area contributed by atoms with Crippen LogP contribution >= 0.6 is 0 Å². The lowest BCUT2D eigenvalue weighted by atomic mass is 10.0. The zero-order valence-electron chi connectivity index (χ0n) is 25.8. The van der Waals surface area contributed by atoms with Gasteiger partial charge in [0.05, 0.1) is 19.0 Å². The summed E-state index contributed by atoms with van der Waals surface area (Å²) in [6.45, 7) is 28.6. The molecule has 212 valence electrons. The molecule has 0 saturated carbocycles. The second-order valence-corrected chi connectivity index (χ2v) is 23.8. The van der Waals surface area contributed by atoms with Gasteiger partial charge in [0.25, 0.3) is 0 Å². The van der Waals surface area contributed by atoms with Gasteiger partial charge in [0, 0.05) is 6.42 Å². The van der Waals surface area contributed by atoms with Crippen LogP contribution in [0.1, 0.15) is 94.2 Å². The minimum atomic E-state index is -2.12. The standard InChI is InChI=1S/C31H56O4Si2/c1-21(2)36(22(3)4,23(5)6)33-20-31-30(35-37(24(7)8,25(9)10)26(11)12)18-29(34-31)17-27-15-13-14-16-28(27)19-32/h13-16,18,21-26,30-32H,17,19-20H2,1-12H3/t30-,31+/m0/s1. The Hall–Kier alpha value is -0.926. The lowest BCUT2D eigenvalue weighted by Crippen LogP contribution is -2.53. The lowest BCUT2D eigenvalue weighted by Gasteiger charge is -2.45. The van der Waals surface area contributed by atoms with Crippen molar-refractivity contribution in [2.75, 3.05) is 6.61 Å². The molecular formula is C31H56O4Si2. The molecule has 1 heterocycles. The molecule has 0 saturated heterocycles. The number of aliphatic hydroxyl groups excluding tert-OH is 1. The number of ether oxygens (including phenoxy) is 1. The Morgan fingerprint density at radius 2 is 1.19 bits per heavy atom. The van der Waals surface area contributed by atoms with Gasteiger partial charge in [-0.25, -0.2) is 0 Å². The summed E-state index contributed by atoms with van der Waals surface area (Å²) in [5, 5.41) is 9.87. The van der Waals surface area contributed by atoms with E-state index in [0.717, 1.165) is 16.9 Å². The first-order chi connectivity index (χ1) is 17.2. The maximum atomic E-state index is 9.87. The molecule has 0 amide bonds. The van der Waals surface area contributed by atoms with Gasteiger partial charge < -0.3 is 18.7 Å². The van der Waals surface area contributed by atoms with Crippen molar-refractivity contribution in [3.05, 3.63) is 47.2 Å². The van der Waals surface area contributed by atoms with Crippen molar-refractivity contribution in [3.63, 3.8) is 0 Å². The highest BCUT2D eigenvalue weighted by Gasteiger charge is 2.50. The third-order valence-electron chi connectivity index (χ3n) is 8.92. The van der Waals surface area contributed by atoms with Crippen LogP contribution in [0.2, 0.25) is 33.2 Å². The highest BCUT2D eigenvalue weighted by Crippen LogP contribution is 2.46. The summed E-state index contributed by atoms with van der Waals surface area (Å²) in [7, 11) is -4.16. The molecular weight excluding hydrogens is 493 g/mol. The van der Waals surface area contributed by atoms with Gasteiger partial charge in [0.2, 0.25) is 16.6 Å². The van der Waals surface area contributed by atoms with Crippen LogP contribution in [0, 0.1) is 0 Å². The van der Waals surface area contributed by atoms with Crippen LogP contribution in [-0.2, 0) is 26.6 Å². The van der Waals surface area contributed by atoms with Gasteiger partial charge in [0.15, 0.2) is 0 Å². The van der Waals surface area contributed by atoms with Gasteiger partial charge in [-0.05, 0) is 50.5 Å². The Balaban J connectivity index is 2.44. The molecule has 1 aromatic carbocycles. The molecule has 6 heteroatoms. The lowest BCUT2D eigenvalue weighted by molar-refractivity contribution is 0.0162. The molecule has 0 radical (unpaired) electrons. The molecule has 0 fully saturated rings. The molecule has 0 bridgehead atoms. The predicted molar refractivity (Wildman–Crippen MR) is 162 cm³/mol. The van der Waals surface area contributed by atoms with Crippen molar-refractivity contribution in [2.45, 2.75) is 142 Å². The summed E-state index contributed by atoms with van der Waals surface area (Å²) < 4.78 is 21.0. The van der Waals surface area contributed by atoms with Crippen LogP contribution in [0.4, 0.5) is 0 Å². The number of hydrogen-bond donors (Lipinski definition) is 1. The fourth-order valence-electron chi connectivity index (χ4n) is 7.37. The van der Waals surface area contributed by atoms with Gasteiger partial charge in [-0.2, -0.15) is 0 Å². The molecule has 1 aliphatic heterocycles. The second kappa shape index (κ2) is 13.4. The largest absolute Gasteiger partial charge is 0.489 e. The van der Waals surface area contributed by atoms with E-state index >= 15 is 0 Å². The van der Waals surface area contributed by atoms with Gasteiger partial charge in [-0.1, -0.05) is 107 Å². The van der Waals surface area contributed by atoms with E-state index in [2.05, 4.69) is 95.2 Å². The molecule has 0 aromatic heterocycles. The zero-order chi connectivity index (χ0) is 28.1. The number of aliphatic hydroxyl groups is 1. The smallest absolute Gasteiger partial charge is 0.201 e. The third kappa shape index (κ3) is 6.81. The SMILES string of the molecule is CC(C)[Si](OC[C@H]1OC(Cc2ccccc2CO)=C[C@@H]1O[Si](C(C)C)(C(C)C)C(C)C)(C(C)C)C(C)C. The first kappa shape index (κ1) is 32.3. The summed E-state index contributed by atoms with van der Waals surface area (Å²) in [6.07, 6.45) is 2.62. The second-order valence-electron chi connectivity index (χ2n) is 12.9. The highest BCUT2D eigenvalue weighted by atomic mass is 28.4. The van der Waals surface area contributed by atoms with E-state index in [9.17, 15) is 5.11 Å². The fraction of sp³-hybridized carbons (Fsp3) is 0.742. The number of benzene rings is 1. The quantitative estimate of drug-likeness (QED) is 0.236. The van der Waals surface area contributed by atoms with Crippen molar-refractivity contribution >= 4 is 16.6 Å². The maximum absolute atomic E-state index is 9.87. The van der Waals surface area contributed by atoms with Crippen molar-refractivity contribution in [2.24, 2.45) is 0 Å². The summed E-state index contributed by atoms with van der Waals surface area (Å²) in [5.41, 5.74) is 5.11. The van der Waals surface area contributed by atoms with Crippen LogP contribution in [0.3, 0.4) is 0 Å². The molecule has 1 N–H and O–H groups in total. The average Bonchev–Trinajstić information content (AvgIpc) is 3.17. The van der Waals surface area contributed by atoms with E-state index in [0.29, 0.717) is 46.3 Å². The number of hydrogen-bond acceptors (Lipinski definition) is 4. The molecule has 0 unspecified atom stereocenters. The summed E-state index contributed by atoms with van der Waals surface area (Å²) in [4.78, 5) is 0. The van der Waals surface area contributed by atoms with Crippen LogP contribution < -0.4 is 0 Å². The van der Waals surface area contributed by atoms with Gasteiger partial charge in [-0.15, -0.1) is 0 Å². The zero-order valence-corrected chi connectivity index (χ0v) is 27.8. The number of rotatable bonds is 14. The normalized spacial score (nSPS) is 19.2. The molecule has 1 aromatic rings. The Kier molecular flexibility index (Phi) is 11.7. The van der Waals surface area contributed by atoms with E-state index in [1.807, 2.05) is 18.2 Å². The van der Waals surface area contributed by atoms with Gasteiger partial charge in [-0.3, -0.25) is 0 Å². The van der Waals surface area contributed by atoms with E-state index in [-0.39, 0.29) is 18.8 Å². The minimum Gasteiger partial charge on any atom is -0.489 e. The van der Waals surface area contributed by atoms with E-state index in [4.69, 9.17) is 13.6 Å². The van der Waals surface area contributed by atoms with Crippen molar-refractivity contribution < 1.29 is 18.7 Å². The molecule has 0 aliphatic carbocycles. The fourth-order valence-corrected chi connectivity index (χ4v) is 18.3. The average molecular weight is 549 g/mol. The summed E-state index contributed by atoms with van der Waals surface area (Å²) >= 11 is 0. The topological polar surface area (TPSA) is 47.9 Å². The first-order valence-electron chi connectivity index (χ1n) is 14.6. The maximum Gasteiger partial charge on any atom is 0.201 e. The van der Waals surface area contributed by atoms with Crippen LogP contribution in [0.5, 0.6) is 0 Å². The monoisotopic (exact) mass is 548 g/mol. The predicted octanol–water partition coefficient (Wildman–Crippen LogP) is 8.76. The van der Waals surface area contributed by atoms with Gasteiger partial charge >= 0.3 is 0 Å². The van der Waals surface area contributed by atoms with Crippen LogP contribution in [0.25, 0.3) is 0 Å². The summed E-state index contributed by atoms with van der Waals surface area (Å²) in [6, 6.07) is 8.07.